The van der Waals surface area contributed by atoms with E-state index in [2.05, 4.69) is 21.2 Å². The fraction of sp³-hybridized carbons (Fsp3) is 0.538. The van der Waals surface area contributed by atoms with Crippen LogP contribution in [0.15, 0.2) is 22.7 Å². The quantitative estimate of drug-likeness (QED) is 0.880. The van der Waals surface area contributed by atoms with Crippen molar-refractivity contribution in [2.24, 2.45) is 5.92 Å². The second-order valence-corrected chi connectivity index (χ2v) is 5.73. The molecule has 4 heteroatoms. The molecule has 0 radical (unpaired) electrons. The van der Waals surface area contributed by atoms with Crippen LogP contribution in [0.25, 0.3) is 0 Å². The molecule has 2 atom stereocenters. The van der Waals surface area contributed by atoms with Gasteiger partial charge in [0.15, 0.2) is 0 Å². The molecule has 2 N–H and O–H groups in total. The van der Waals surface area contributed by atoms with Crippen LogP contribution in [0.5, 0.6) is 0 Å². The van der Waals surface area contributed by atoms with Gasteiger partial charge in [-0.2, -0.15) is 0 Å². The molecular weight excluding hydrogens is 285 g/mol. The Morgan fingerprint density at radius 2 is 2.35 bits per heavy atom. The number of hydrogen-bond acceptors (Lipinski definition) is 2. The fourth-order valence-corrected chi connectivity index (χ4v) is 2.81. The summed E-state index contributed by atoms with van der Waals surface area (Å²) in [5, 5.41) is 13.9. The number of benzene rings is 1. The molecule has 2 unspecified atom stereocenters. The molecule has 1 heterocycles. The zero-order valence-corrected chi connectivity index (χ0v) is 11.4. The fourth-order valence-electron chi connectivity index (χ4n) is 2.32. The molecule has 1 aromatic rings. The summed E-state index contributed by atoms with van der Waals surface area (Å²) in [7, 11) is 0. The highest BCUT2D eigenvalue weighted by atomic mass is 79.9. The van der Waals surface area contributed by atoms with E-state index in [0.717, 1.165) is 29.5 Å². The lowest BCUT2D eigenvalue weighted by molar-refractivity contribution is -0.0330. The normalized spacial score (nSPS) is 29.3. The van der Waals surface area contributed by atoms with E-state index in [1.54, 1.807) is 6.07 Å². The molecule has 1 aliphatic rings. The van der Waals surface area contributed by atoms with Gasteiger partial charge in [-0.15, -0.1) is 0 Å². The highest BCUT2D eigenvalue weighted by molar-refractivity contribution is 9.10. The third kappa shape index (κ3) is 2.87. The maximum atomic E-state index is 13.0. The van der Waals surface area contributed by atoms with Gasteiger partial charge in [-0.25, -0.2) is 4.39 Å². The molecule has 0 aliphatic carbocycles. The summed E-state index contributed by atoms with van der Waals surface area (Å²) in [4.78, 5) is 0. The molecule has 0 aromatic heterocycles. The summed E-state index contributed by atoms with van der Waals surface area (Å²) in [6.07, 6.45) is 1.30. The van der Waals surface area contributed by atoms with Crippen LogP contribution in [0.1, 0.15) is 18.9 Å². The summed E-state index contributed by atoms with van der Waals surface area (Å²) in [5.41, 5.74) is 0.272. The van der Waals surface area contributed by atoms with Crippen LogP contribution >= 0.6 is 15.9 Å². The average molecular weight is 302 g/mol. The van der Waals surface area contributed by atoms with Crippen molar-refractivity contribution in [1.82, 2.24) is 5.32 Å². The summed E-state index contributed by atoms with van der Waals surface area (Å²) in [6.45, 7) is 3.71. The monoisotopic (exact) mass is 301 g/mol. The Balaban J connectivity index is 2.19. The highest BCUT2D eigenvalue weighted by Crippen LogP contribution is 2.31. The zero-order chi connectivity index (χ0) is 12.5. The second kappa shape index (κ2) is 5.04. The van der Waals surface area contributed by atoms with Gasteiger partial charge in [0.05, 0.1) is 5.60 Å². The highest BCUT2D eigenvalue weighted by Gasteiger charge is 2.36. The van der Waals surface area contributed by atoms with Crippen molar-refractivity contribution in [3.05, 3.63) is 34.1 Å². The Bertz CT molecular complexity index is 412. The van der Waals surface area contributed by atoms with Crippen LogP contribution < -0.4 is 5.32 Å². The SMILES string of the molecule is CC1CNCCC1(O)Cc1ccc(F)cc1Br. The molecule has 1 aromatic carbocycles. The van der Waals surface area contributed by atoms with Crippen molar-refractivity contribution in [1.29, 1.82) is 0 Å². The maximum absolute atomic E-state index is 13.0. The first-order valence-corrected chi connectivity index (χ1v) is 6.67. The van der Waals surface area contributed by atoms with Crippen molar-refractivity contribution in [3.8, 4) is 0 Å². The van der Waals surface area contributed by atoms with Crippen molar-refractivity contribution in [2.75, 3.05) is 13.1 Å². The Hall–Kier alpha value is -0.450. The largest absolute Gasteiger partial charge is 0.389 e. The number of nitrogens with one attached hydrogen (secondary N) is 1. The summed E-state index contributed by atoms with van der Waals surface area (Å²) < 4.78 is 13.7. The minimum atomic E-state index is -0.689. The molecule has 1 fully saturated rings. The van der Waals surface area contributed by atoms with Gasteiger partial charge in [-0.3, -0.25) is 0 Å². The van der Waals surface area contributed by atoms with Crippen LogP contribution in [0.3, 0.4) is 0 Å². The van der Waals surface area contributed by atoms with Crippen LogP contribution in [0.4, 0.5) is 4.39 Å². The number of halogens is 2. The molecule has 17 heavy (non-hydrogen) atoms. The van der Waals surface area contributed by atoms with E-state index in [0.29, 0.717) is 6.42 Å². The smallest absolute Gasteiger partial charge is 0.124 e. The van der Waals surface area contributed by atoms with Crippen LogP contribution in [-0.2, 0) is 6.42 Å². The molecule has 2 rings (SSSR count). The van der Waals surface area contributed by atoms with Crippen LogP contribution in [0, 0.1) is 11.7 Å². The van der Waals surface area contributed by atoms with Gasteiger partial charge in [0.1, 0.15) is 5.82 Å². The van der Waals surface area contributed by atoms with Gasteiger partial charge in [0.2, 0.25) is 0 Å². The van der Waals surface area contributed by atoms with Gasteiger partial charge in [0, 0.05) is 17.4 Å². The van der Waals surface area contributed by atoms with E-state index >= 15 is 0 Å². The first kappa shape index (κ1) is 13.0. The average Bonchev–Trinajstić information content (AvgIpc) is 2.27. The maximum Gasteiger partial charge on any atom is 0.124 e. The van der Waals surface area contributed by atoms with Crippen molar-refractivity contribution >= 4 is 15.9 Å². The lowest BCUT2D eigenvalue weighted by atomic mass is 9.78. The summed E-state index contributed by atoms with van der Waals surface area (Å²) in [6, 6.07) is 4.63. The zero-order valence-electron chi connectivity index (χ0n) is 9.84. The third-order valence-corrected chi connectivity index (χ3v) is 4.35. The van der Waals surface area contributed by atoms with Crippen molar-refractivity contribution in [2.45, 2.75) is 25.4 Å². The van der Waals surface area contributed by atoms with E-state index in [1.165, 1.54) is 12.1 Å². The van der Waals surface area contributed by atoms with E-state index in [1.807, 2.05) is 6.92 Å². The molecule has 2 nitrogen and oxygen atoms in total. The van der Waals surface area contributed by atoms with Crippen LogP contribution in [0.2, 0.25) is 0 Å². The molecule has 0 spiro atoms. The van der Waals surface area contributed by atoms with E-state index in [4.69, 9.17) is 0 Å². The van der Waals surface area contributed by atoms with Crippen molar-refractivity contribution in [3.63, 3.8) is 0 Å². The molecule has 94 valence electrons. The summed E-state index contributed by atoms with van der Waals surface area (Å²) >= 11 is 3.35. The van der Waals surface area contributed by atoms with Crippen molar-refractivity contribution < 1.29 is 9.50 Å². The topological polar surface area (TPSA) is 32.3 Å². The number of aliphatic hydroxyl groups is 1. The Labute approximate surface area is 109 Å². The minimum absolute atomic E-state index is 0.202. The molecule has 0 amide bonds. The first-order valence-electron chi connectivity index (χ1n) is 5.88. The van der Waals surface area contributed by atoms with Gasteiger partial charge < -0.3 is 10.4 Å². The minimum Gasteiger partial charge on any atom is -0.389 e. The molecule has 0 saturated carbocycles. The first-order chi connectivity index (χ1) is 8.01. The van der Waals surface area contributed by atoms with Gasteiger partial charge in [-0.05, 0) is 36.6 Å². The third-order valence-electron chi connectivity index (χ3n) is 3.61. The molecule has 1 aliphatic heterocycles. The molecular formula is C13H17BrFNO. The lowest BCUT2D eigenvalue weighted by Crippen LogP contribution is -2.50. The van der Waals surface area contributed by atoms with Gasteiger partial charge in [-0.1, -0.05) is 28.9 Å². The summed E-state index contributed by atoms with van der Waals surface area (Å²) in [5.74, 6) is -0.0563. The predicted molar refractivity (Wildman–Crippen MR) is 69.4 cm³/mol. The Kier molecular flexibility index (Phi) is 3.85. The molecule has 0 bridgehead atoms. The number of hydrogen-bond donors (Lipinski definition) is 2. The molecule has 1 saturated heterocycles. The van der Waals surface area contributed by atoms with Crippen LogP contribution in [-0.4, -0.2) is 23.8 Å². The number of piperidine rings is 1. The van der Waals surface area contributed by atoms with Gasteiger partial charge >= 0.3 is 0 Å². The van der Waals surface area contributed by atoms with E-state index in [9.17, 15) is 9.50 Å². The van der Waals surface area contributed by atoms with E-state index in [-0.39, 0.29) is 11.7 Å². The Morgan fingerprint density at radius 1 is 1.59 bits per heavy atom. The lowest BCUT2D eigenvalue weighted by Gasteiger charge is -2.39. The van der Waals surface area contributed by atoms with E-state index < -0.39 is 5.60 Å². The second-order valence-electron chi connectivity index (χ2n) is 4.87. The standard InChI is InChI=1S/C13H17BrFNO/c1-9-8-16-5-4-13(9,17)7-10-2-3-11(15)6-12(10)14/h2-3,6,9,16-17H,4-5,7-8H2,1H3. The predicted octanol–water partition coefficient (Wildman–Crippen LogP) is 2.49. The van der Waals surface area contributed by atoms with Gasteiger partial charge in [0.25, 0.3) is 0 Å². The number of rotatable bonds is 2. The Morgan fingerprint density at radius 3 is 3.00 bits per heavy atom.